The average molecular weight is 238 g/mol. The molecule has 18 heavy (non-hydrogen) atoms. The number of hydrogen-bond donors (Lipinski definition) is 0. The zero-order chi connectivity index (χ0) is 12.4. The van der Waals surface area contributed by atoms with E-state index in [-0.39, 0.29) is 6.10 Å². The van der Waals surface area contributed by atoms with Crippen molar-refractivity contribution in [2.75, 3.05) is 0 Å². The van der Waals surface area contributed by atoms with Crippen LogP contribution in [-0.4, -0.2) is 10.7 Å². The van der Waals surface area contributed by atoms with Crippen molar-refractivity contribution >= 4 is 11.4 Å². The van der Waals surface area contributed by atoms with Crippen LogP contribution in [-0.2, 0) is 4.84 Å². The molecule has 1 aromatic heterocycles. The number of nitrogens with zero attached hydrogens (tertiary/aromatic N) is 2. The number of oxime groups is 1. The molecule has 0 fully saturated rings. The van der Waals surface area contributed by atoms with Gasteiger partial charge in [-0.25, -0.2) is 0 Å². The Bertz CT molecular complexity index is 563. The van der Waals surface area contributed by atoms with E-state index in [1.165, 1.54) is 0 Å². The first kappa shape index (κ1) is 10.8. The van der Waals surface area contributed by atoms with Gasteiger partial charge in [0.25, 0.3) is 0 Å². The van der Waals surface area contributed by atoms with Crippen molar-refractivity contribution in [2.24, 2.45) is 5.16 Å². The van der Waals surface area contributed by atoms with Gasteiger partial charge in [0.1, 0.15) is 0 Å². The molecule has 1 aliphatic heterocycles. The highest BCUT2D eigenvalue weighted by molar-refractivity contribution is 6.01. The summed E-state index contributed by atoms with van der Waals surface area (Å²) in [5, 5.41) is 4.12. The molecule has 0 bridgehead atoms. The third kappa shape index (κ3) is 2.05. The van der Waals surface area contributed by atoms with Crippen LogP contribution in [0.1, 0.15) is 23.7 Å². The van der Waals surface area contributed by atoms with Gasteiger partial charge in [0, 0.05) is 24.4 Å². The van der Waals surface area contributed by atoms with Crippen molar-refractivity contribution < 1.29 is 4.84 Å². The van der Waals surface area contributed by atoms with E-state index in [0.29, 0.717) is 5.69 Å². The Balaban J connectivity index is 1.76. The fourth-order valence-electron chi connectivity index (χ4n) is 1.96. The number of nitrogens with one attached hydrogen (secondary N) is 1. The normalized spacial score (nSPS) is 18.2. The monoisotopic (exact) mass is 238 g/mol. The lowest BCUT2D eigenvalue weighted by molar-refractivity contribution is 0.0857. The second-order valence-electron chi connectivity index (χ2n) is 4.20. The van der Waals surface area contributed by atoms with Crippen LogP contribution >= 0.6 is 0 Å². The summed E-state index contributed by atoms with van der Waals surface area (Å²) in [5.41, 5.74) is 10.9. The second-order valence-corrected chi connectivity index (χ2v) is 4.20. The van der Waals surface area contributed by atoms with Crippen molar-refractivity contribution in [1.29, 1.82) is 0 Å². The van der Waals surface area contributed by atoms with E-state index < -0.39 is 0 Å². The lowest BCUT2D eigenvalue weighted by Gasteiger charge is -2.08. The molecule has 1 N–H and O–H groups in total. The molecule has 4 nitrogen and oxygen atoms in total. The fourth-order valence-corrected chi connectivity index (χ4v) is 1.96. The molecule has 0 amide bonds. The van der Waals surface area contributed by atoms with Gasteiger partial charge in [0.2, 0.25) is 0 Å². The third-order valence-electron chi connectivity index (χ3n) is 2.95. The zero-order valence-electron chi connectivity index (χ0n) is 9.71. The van der Waals surface area contributed by atoms with E-state index in [1.54, 1.807) is 24.5 Å². The number of rotatable bonds is 2. The van der Waals surface area contributed by atoms with Gasteiger partial charge in [0.05, 0.1) is 11.4 Å². The molecule has 1 aliphatic rings. The molecule has 0 aliphatic carbocycles. The summed E-state index contributed by atoms with van der Waals surface area (Å²) in [6.45, 7) is 0. The molecule has 1 radical (unpaired) electrons. The summed E-state index contributed by atoms with van der Waals surface area (Å²) in [7, 11) is 0. The molecule has 4 heteroatoms. The van der Waals surface area contributed by atoms with Crippen LogP contribution in [0.4, 0.5) is 5.69 Å². The average Bonchev–Trinajstić information content (AvgIpc) is 2.90. The van der Waals surface area contributed by atoms with Crippen molar-refractivity contribution in [3.63, 3.8) is 0 Å². The number of pyridine rings is 1. The number of benzene rings is 1. The summed E-state index contributed by atoms with van der Waals surface area (Å²) < 4.78 is 0. The first-order chi connectivity index (χ1) is 8.83. The largest absolute Gasteiger partial charge is 0.387 e. The third-order valence-corrected chi connectivity index (χ3v) is 2.95. The molecule has 1 atom stereocenters. The van der Waals surface area contributed by atoms with Gasteiger partial charge in [-0.2, -0.15) is 0 Å². The van der Waals surface area contributed by atoms with Crippen LogP contribution in [0, 0.1) is 0 Å². The Morgan fingerprint density at radius 2 is 2.00 bits per heavy atom. The van der Waals surface area contributed by atoms with E-state index in [2.05, 4.69) is 10.1 Å². The predicted octanol–water partition coefficient (Wildman–Crippen LogP) is 2.86. The van der Waals surface area contributed by atoms with E-state index in [4.69, 9.17) is 10.6 Å². The van der Waals surface area contributed by atoms with Crippen LogP contribution in [0.2, 0.25) is 0 Å². The van der Waals surface area contributed by atoms with Crippen LogP contribution in [0.5, 0.6) is 0 Å². The van der Waals surface area contributed by atoms with Gasteiger partial charge in [0.15, 0.2) is 6.10 Å². The molecule has 1 aromatic carbocycles. The predicted molar refractivity (Wildman–Crippen MR) is 68.4 cm³/mol. The van der Waals surface area contributed by atoms with Gasteiger partial charge in [-0.3, -0.25) is 4.98 Å². The topological polar surface area (TPSA) is 58.3 Å². The minimum absolute atomic E-state index is 0.0548. The summed E-state index contributed by atoms with van der Waals surface area (Å²) in [5.74, 6) is 0. The molecule has 0 spiro atoms. The van der Waals surface area contributed by atoms with Crippen molar-refractivity contribution in [3.8, 4) is 0 Å². The van der Waals surface area contributed by atoms with Gasteiger partial charge in [-0.15, -0.1) is 0 Å². The second kappa shape index (κ2) is 4.49. The van der Waals surface area contributed by atoms with Gasteiger partial charge >= 0.3 is 0 Å². The van der Waals surface area contributed by atoms with Crippen molar-refractivity contribution in [3.05, 3.63) is 59.9 Å². The summed E-state index contributed by atoms with van der Waals surface area (Å²) >= 11 is 0. The Morgan fingerprint density at radius 3 is 2.72 bits per heavy atom. The molecule has 0 saturated carbocycles. The first-order valence-electron chi connectivity index (χ1n) is 5.77. The molecule has 89 valence electrons. The van der Waals surface area contributed by atoms with Crippen molar-refractivity contribution in [2.45, 2.75) is 12.5 Å². The number of aromatic nitrogens is 1. The SMILES string of the molecule is [NH]c1ccc(C2CC(c3cccnc3)=NO2)cc1. The molecule has 3 rings (SSSR count). The Labute approximate surface area is 105 Å². The van der Waals surface area contributed by atoms with E-state index in [1.807, 2.05) is 24.3 Å². The maximum absolute atomic E-state index is 7.46. The van der Waals surface area contributed by atoms with E-state index in [9.17, 15) is 0 Å². The van der Waals surface area contributed by atoms with Crippen LogP contribution < -0.4 is 5.73 Å². The Hall–Kier alpha value is -2.36. The molecule has 1 unspecified atom stereocenters. The van der Waals surface area contributed by atoms with Crippen LogP contribution in [0.25, 0.3) is 0 Å². The van der Waals surface area contributed by atoms with E-state index >= 15 is 0 Å². The molecule has 2 heterocycles. The summed E-state index contributed by atoms with van der Waals surface area (Å²) in [6, 6.07) is 11.2. The zero-order valence-corrected chi connectivity index (χ0v) is 9.71. The van der Waals surface area contributed by atoms with Gasteiger partial charge in [-0.1, -0.05) is 17.3 Å². The van der Waals surface area contributed by atoms with Crippen LogP contribution in [0.15, 0.2) is 53.9 Å². The highest BCUT2D eigenvalue weighted by atomic mass is 16.6. The molecule has 0 saturated heterocycles. The number of hydrogen-bond acceptors (Lipinski definition) is 3. The Kier molecular flexibility index (Phi) is 2.68. The maximum atomic E-state index is 7.46. The lowest BCUT2D eigenvalue weighted by atomic mass is 10.0. The lowest BCUT2D eigenvalue weighted by Crippen LogP contribution is -2.01. The smallest absolute Gasteiger partial charge is 0.158 e. The first-order valence-corrected chi connectivity index (χ1v) is 5.77. The summed E-state index contributed by atoms with van der Waals surface area (Å²) in [4.78, 5) is 9.52. The minimum Gasteiger partial charge on any atom is -0.387 e. The molecular formula is C14H12N3O. The standard InChI is InChI=1S/C14H12N3O/c15-12-5-3-10(4-6-12)14-8-13(17-18-14)11-2-1-7-16-9-11/h1-7,9,14-15H,8H2. The minimum atomic E-state index is -0.0548. The molecular weight excluding hydrogens is 226 g/mol. The fraction of sp³-hybridized carbons (Fsp3) is 0.143. The van der Waals surface area contributed by atoms with Gasteiger partial charge in [-0.05, 0) is 29.8 Å². The summed E-state index contributed by atoms with van der Waals surface area (Å²) in [6.07, 6.45) is 4.21. The van der Waals surface area contributed by atoms with Gasteiger partial charge < -0.3 is 10.6 Å². The maximum Gasteiger partial charge on any atom is 0.158 e. The van der Waals surface area contributed by atoms with Crippen LogP contribution in [0.3, 0.4) is 0 Å². The highest BCUT2D eigenvalue weighted by Gasteiger charge is 2.23. The van der Waals surface area contributed by atoms with Crippen molar-refractivity contribution in [1.82, 2.24) is 10.7 Å². The highest BCUT2D eigenvalue weighted by Crippen LogP contribution is 2.29. The molecule has 2 aromatic rings. The Morgan fingerprint density at radius 1 is 1.17 bits per heavy atom. The quantitative estimate of drug-likeness (QED) is 0.807. The van der Waals surface area contributed by atoms with E-state index in [0.717, 1.165) is 23.3 Å².